The molecule has 0 aliphatic heterocycles. The first kappa shape index (κ1) is 17.2. The smallest absolute Gasteiger partial charge is 0.290 e. The summed E-state index contributed by atoms with van der Waals surface area (Å²) in [7, 11) is 1.64. The molecule has 0 unspecified atom stereocenters. The van der Waals surface area contributed by atoms with E-state index < -0.39 is 11.8 Å². The lowest BCUT2D eigenvalue weighted by atomic mass is 10.3. The molecule has 5 nitrogen and oxygen atoms in total. The van der Waals surface area contributed by atoms with Gasteiger partial charge in [-0.1, -0.05) is 23.9 Å². The second kappa shape index (κ2) is 6.48. The summed E-state index contributed by atoms with van der Waals surface area (Å²) in [5, 5.41) is 2.44. The molecule has 4 rings (SSSR count). The summed E-state index contributed by atoms with van der Waals surface area (Å²) in [6, 6.07) is 8.55. The third-order valence-corrected chi connectivity index (χ3v) is 6.07. The summed E-state index contributed by atoms with van der Waals surface area (Å²) in [5.74, 6) is 0.256. The van der Waals surface area contributed by atoms with Crippen LogP contribution in [0, 0.1) is 0 Å². The number of benzene rings is 1. The number of para-hydroxylation sites is 2. The molecule has 26 heavy (non-hydrogen) atoms. The molecule has 0 amide bonds. The van der Waals surface area contributed by atoms with E-state index >= 15 is 0 Å². The normalized spacial score (nSPS) is 13.1. The molecule has 4 aromatic rings. The molecule has 0 radical (unpaired) electrons. The van der Waals surface area contributed by atoms with Gasteiger partial charge in [0.2, 0.25) is 0 Å². The molecule has 0 bridgehead atoms. The Kier molecular flexibility index (Phi) is 4.28. The maximum atomic E-state index is 13.6. The van der Waals surface area contributed by atoms with Crippen LogP contribution in [0.5, 0.6) is 0 Å². The highest BCUT2D eigenvalue weighted by Crippen LogP contribution is 2.37. The van der Waals surface area contributed by atoms with Crippen molar-refractivity contribution in [1.29, 1.82) is 0 Å². The van der Waals surface area contributed by atoms with Crippen molar-refractivity contribution in [2.24, 2.45) is 7.05 Å². The minimum atomic E-state index is -2.70. The molecule has 3 aromatic heterocycles. The lowest BCUT2D eigenvalue weighted by Crippen LogP contribution is -2.19. The van der Waals surface area contributed by atoms with Gasteiger partial charge >= 0.3 is 6.55 Å². The number of thiophene rings is 1. The molecule has 1 atom stereocenters. The molecule has 3 heterocycles. The van der Waals surface area contributed by atoms with E-state index in [1.165, 1.54) is 27.7 Å². The van der Waals surface area contributed by atoms with Crippen LogP contribution in [-0.2, 0) is 7.05 Å². The van der Waals surface area contributed by atoms with Gasteiger partial charge in [-0.15, -0.1) is 11.3 Å². The Balaban J connectivity index is 1.79. The van der Waals surface area contributed by atoms with Crippen molar-refractivity contribution in [1.82, 2.24) is 19.1 Å². The van der Waals surface area contributed by atoms with Crippen LogP contribution in [0.25, 0.3) is 21.3 Å². The highest BCUT2D eigenvalue weighted by molar-refractivity contribution is 7.99. The SMILES string of the molecule is C[C@H](Sc1nc2sccc2c(=O)n1C)c1nc2ccccc2n1C(F)F. The van der Waals surface area contributed by atoms with E-state index in [9.17, 15) is 13.6 Å². The first-order valence-electron chi connectivity index (χ1n) is 7.83. The monoisotopic (exact) mass is 392 g/mol. The van der Waals surface area contributed by atoms with Gasteiger partial charge < -0.3 is 0 Å². The number of rotatable bonds is 4. The van der Waals surface area contributed by atoms with Crippen LogP contribution in [0.15, 0.2) is 45.7 Å². The minimum Gasteiger partial charge on any atom is -0.290 e. The first-order valence-corrected chi connectivity index (χ1v) is 9.59. The van der Waals surface area contributed by atoms with E-state index in [4.69, 9.17) is 0 Å². The van der Waals surface area contributed by atoms with Crippen LogP contribution in [-0.4, -0.2) is 19.1 Å². The van der Waals surface area contributed by atoms with Gasteiger partial charge in [0, 0.05) is 7.05 Å². The Hall–Kier alpha value is -2.26. The fourth-order valence-electron chi connectivity index (χ4n) is 2.85. The van der Waals surface area contributed by atoms with Gasteiger partial charge in [0.1, 0.15) is 10.7 Å². The van der Waals surface area contributed by atoms with Crippen molar-refractivity contribution in [2.75, 3.05) is 0 Å². The Morgan fingerprint density at radius 3 is 2.73 bits per heavy atom. The van der Waals surface area contributed by atoms with Crippen molar-refractivity contribution >= 4 is 44.3 Å². The molecular formula is C17H14F2N4OS2. The van der Waals surface area contributed by atoms with E-state index in [0.717, 1.165) is 4.57 Å². The number of aromatic nitrogens is 4. The number of halogens is 2. The van der Waals surface area contributed by atoms with Gasteiger partial charge in [-0.05, 0) is 30.5 Å². The maximum Gasteiger partial charge on any atom is 0.320 e. The van der Waals surface area contributed by atoms with Gasteiger partial charge in [0.25, 0.3) is 5.56 Å². The van der Waals surface area contributed by atoms with E-state index in [1.807, 2.05) is 5.38 Å². The Morgan fingerprint density at radius 1 is 1.19 bits per heavy atom. The van der Waals surface area contributed by atoms with Crippen molar-refractivity contribution in [3.63, 3.8) is 0 Å². The predicted octanol–water partition coefficient (Wildman–Crippen LogP) is 4.59. The van der Waals surface area contributed by atoms with E-state index in [1.54, 1.807) is 44.3 Å². The topological polar surface area (TPSA) is 52.7 Å². The quantitative estimate of drug-likeness (QED) is 0.376. The molecular weight excluding hydrogens is 378 g/mol. The molecule has 0 spiro atoms. The minimum absolute atomic E-state index is 0.145. The van der Waals surface area contributed by atoms with Crippen molar-refractivity contribution < 1.29 is 8.78 Å². The summed E-state index contributed by atoms with van der Waals surface area (Å²) in [4.78, 5) is 22.0. The van der Waals surface area contributed by atoms with Crippen LogP contribution in [0.1, 0.15) is 24.5 Å². The third kappa shape index (κ3) is 2.71. The maximum absolute atomic E-state index is 13.6. The Morgan fingerprint density at radius 2 is 1.96 bits per heavy atom. The average molecular weight is 392 g/mol. The van der Waals surface area contributed by atoms with E-state index in [0.29, 0.717) is 26.4 Å². The second-order valence-electron chi connectivity index (χ2n) is 5.76. The molecule has 0 saturated heterocycles. The number of alkyl halides is 2. The summed E-state index contributed by atoms with van der Waals surface area (Å²) in [5.41, 5.74) is 0.764. The Labute approximate surface area is 155 Å². The molecule has 1 aromatic carbocycles. The molecule has 134 valence electrons. The highest BCUT2D eigenvalue weighted by Gasteiger charge is 2.24. The standard InChI is InChI=1S/C17H14F2N4OS2/c1-9(13-20-11-5-3-4-6-12(11)23(13)16(18)19)26-17-21-14-10(7-8-25-14)15(24)22(17)2/h3-9,16H,1-2H3/t9-/m0/s1. The van der Waals surface area contributed by atoms with Crippen LogP contribution in [0.3, 0.4) is 0 Å². The van der Waals surface area contributed by atoms with E-state index in [-0.39, 0.29) is 11.4 Å². The highest BCUT2D eigenvalue weighted by atomic mass is 32.2. The third-order valence-electron chi connectivity index (χ3n) is 4.13. The molecule has 0 aliphatic carbocycles. The fourth-order valence-corrected chi connectivity index (χ4v) is 4.64. The second-order valence-corrected chi connectivity index (χ2v) is 7.97. The zero-order valence-corrected chi connectivity index (χ0v) is 15.5. The molecule has 0 saturated carbocycles. The summed E-state index contributed by atoms with van der Waals surface area (Å²) >= 11 is 2.62. The number of hydrogen-bond acceptors (Lipinski definition) is 5. The van der Waals surface area contributed by atoms with Gasteiger partial charge in [-0.25, -0.2) is 9.97 Å². The zero-order valence-electron chi connectivity index (χ0n) is 13.9. The lowest BCUT2D eigenvalue weighted by molar-refractivity contribution is 0.0715. The summed E-state index contributed by atoms with van der Waals surface area (Å²) in [6.45, 7) is -0.910. The van der Waals surface area contributed by atoms with Crippen molar-refractivity contribution in [2.45, 2.75) is 23.9 Å². The molecule has 0 fully saturated rings. The number of nitrogens with zero attached hydrogens (tertiary/aromatic N) is 4. The van der Waals surface area contributed by atoms with Crippen LogP contribution in [0.4, 0.5) is 8.78 Å². The van der Waals surface area contributed by atoms with Crippen molar-refractivity contribution in [3.8, 4) is 0 Å². The summed E-state index contributed by atoms with van der Waals surface area (Å²) < 4.78 is 29.7. The molecule has 0 aliphatic rings. The zero-order chi connectivity index (χ0) is 18.4. The van der Waals surface area contributed by atoms with Crippen LogP contribution in [0.2, 0.25) is 0 Å². The lowest BCUT2D eigenvalue weighted by Gasteiger charge is -2.15. The van der Waals surface area contributed by atoms with Crippen LogP contribution >= 0.6 is 23.1 Å². The number of imidazole rings is 1. The molecule has 0 N–H and O–H groups in total. The number of fused-ring (bicyclic) bond motifs is 2. The van der Waals surface area contributed by atoms with Gasteiger partial charge in [-0.3, -0.25) is 13.9 Å². The molecule has 9 heteroatoms. The number of hydrogen-bond donors (Lipinski definition) is 0. The van der Waals surface area contributed by atoms with Gasteiger partial charge in [0.05, 0.1) is 21.7 Å². The van der Waals surface area contributed by atoms with Gasteiger partial charge in [-0.2, -0.15) is 8.78 Å². The van der Waals surface area contributed by atoms with Crippen molar-refractivity contribution in [3.05, 3.63) is 51.9 Å². The van der Waals surface area contributed by atoms with E-state index in [2.05, 4.69) is 9.97 Å². The van der Waals surface area contributed by atoms with Gasteiger partial charge in [0.15, 0.2) is 5.16 Å². The number of thioether (sulfide) groups is 1. The average Bonchev–Trinajstić information content (AvgIpc) is 3.23. The predicted molar refractivity (Wildman–Crippen MR) is 100 cm³/mol. The first-order chi connectivity index (χ1) is 12.5. The van der Waals surface area contributed by atoms with Crippen LogP contribution < -0.4 is 5.56 Å². The fraction of sp³-hybridized carbons (Fsp3) is 0.235. The Bertz CT molecular complexity index is 1160. The summed E-state index contributed by atoms with van der Waals surface area (Å²) in [6.07, 6.45) is 0. The largest absolute Gasteiger partial charge is 0.320 e.